The number of carbonyl (C=O) groups is 2. The van der Waals surface area contributed by atoms with Gasteiger partial charge in [0.25, 0.3) is 11.5 Å². The summed E-state index contributed by atoms with van der Waals surface area (Å²) in [6, 6.07) is 8.52. The van der Waals surface area contributed by atoms with E-state index in [1.807, 2.05) is 4.98 Å². The van der Waals surface area contributed by atoms with Crippen molar-refractivity contribution in [1.29, 1.82) is 5.26 Å². The van der Waals surface area contributed by atoms with Crippen LogP contribution in [0.1, 0.15) is 51.6 Å². The highest BCUT2D eigenvalue weighted by Gasteiger charge is 2.39. The van der Waals surface area contributed by atoms with Crippen molar-refractivity contribution in [2.75, 3.05) is 25.2 Å². The molecule has 10 nitrogen and oxygen atoms in total. The van der Waals surface area contributed by atoms with Crippen LogP contribution in [-0.4, -0.2) is 42.1 Å². The normalized spacial score (nSPS) is 16.3. The van der Waals surface area contributed by atoms with E-state index in [0.717, 1.165) is 17.8 Å². The number of nitriles is 1. The molecule has 5 rings (SSSR count). The van der Waals surface area contributed by atoms with Crippen molar-refractivity contribution in [2.24, 2.45) is 5.73 Å². The maximum Gasteiger partial charge on any atom is 0.414 e. The molecule has 3 N–H and O–H groups in total. The first-order chi connectivity index (χ1) is 21.4. The molecule has 2 aromatic carbocycles. The van der Waals surface area contributed by atoms with Gasteiger partial charge in [0.2, 0.25) is 0 Å². The van der Waals surface area contributed by atoms with Crippen molar-refractivity contribution in [3.8, 4) is 11.8 Å². The van der Waals surface area contributed by atoms with Gasteiger partial charge in [-0.05, 0) is 59.0 Å². The number of methoxy groups -OCH3 is 1. The number of aromatic amines is 1. The minimum absolute atomic E-state index is 0.0399. The van der Waals surface area contributed by atoms with Crippen molar-refractivity contribution in [1.82, 2.24) is 9.88 Å². The van der Waals surface area contributed by atoms with Gasteiger partial charge >= 0.3 is 11.5 Å². The van der Waals surface area contributed by atoms with Gasteiger partial charge in [-0.2, -0.15) is 14.0 Å². The van der Waals surface area contributed by atoms with Gasteiger partial charge < -0.3 is 25.1 Å². The van der Waals surface area contributed by atoms with E-state index < -0.39 is 40.2 Å². The molecule has 2 amide bonds. The molecule has 45 heavy (non-hydrogen) atoms. The lowest BCUT2D eigenvalue weighted by Gasteiger charge is -2.28. The van der Waals surface area contributed by atoms with Gasteiger partial charge in [0, 0.05) is 29.4 Å². The molecule has 0 saturated carbocycles. The molecular formula is C29H24Cl3F2N5O5S. The molecule has 0 unspecified atom stereocenters. The maximum atomic E-state index is 14.2. The number of benzene rings is 2. The van der Waals surface area contributed by atoms with Crippen molar-refractivity contribution in [2.45, 2.75) is 47.1 Å². The minimum atomic E-state index is -3.97. The molecule has 2 aliphatic heterocycles. The SMILES string of the molecule is COc1cc2c(cc1N1CCCOC1=O)CN(C(=O)c1c(Sc3c(Cl)ccc(CN)c3Cl)cc(C(F)(F)Cl)[nH]c1=O)[C@@H]2CC#N. The van der Waals surface area contributed by atoms with Crippen molar-refractivity contribution < 1.29 is 27.8 Å². The fourth-order valence-electron chi connectivity index (χ4n) is 5.25. The van der Waals surface area contributed by atoms with E-state index >= 15 is 0 Å². The fourth-order valence-corrected chi connectivity index (χ4v) is 7.10. The monoisotopic (exact) mass is 697 g/mol. The zero-order chi connectivity index (χ0) is 32.6. The van der Waals surface area contributed by atoms with Crippen LogP contribution in [0, 0.1) is 11.3 Å². The highest BCUT2D eigenvalue weighted by atomic mass is 35.5. The Morgan fingerprint density at radius 3 is 2.69 bits per heavy atom. The van der Waals surface area contributed by atoms with Crippen LogP contribution in [0.25, 0.3) is 0 Å². The first-order valence-electron chi connectivity index (χ1n) is 13.4. The molecular weight excluding hydrogens is 675 g/mol. The number of anilines is 1. The Morgan fingerprint density at radius 2 is 2.04 bits per heavy atom. The summed E-state index contributed by atoms with van der Waals surface area (Å²) in [6.45, 7) is 0.632. The van der Waals surface area contributed by atoms with E-state index in [4.69, 9.17) is 50.0 Å². The van der Waals surface area contributed by atoms with E-state index in [-0.39, 0.29) is 46.0 Å². The number of hydrogen-bond acceptors (Lipinski definition) is 8. The largest absolute Gasteiger partial charge is 0.495 e. The number of alkyl halides is 3. The van der Waals surface area contributed by atoms with E-state index in [9.17, 15) is 28.4 Å². The third-order valence-electron chi connectivity index (χ3n) is 7.40. The van der Waals surface area contributed by atoms with Gasteiger partial charge in [-0.25, -0.2) is 4.79 Å². The van der Waals surface area contributed by atoms with Gasteiger partial charge in [0.15, 0.2) is 0 Å². The zero-order valence-electron chi connectivity index (χ0n) is 23.5. The van der Waals surface area contributed by atoms with Crippen molar-refractivity contribution in [3.05, 3.63) is 78.7 Å². The molecule has 2 aliphatic rings. The number of fused-ring (bicyclic) bond motifs is 1. The summed E-state index contributed by atoms with van der Waals surface area (Å²) in [6.07, 6.45) is -0.128. The molecule has 236 valence electrons. The van der Waals surface area contributed by atoms with Crippen LogP contribution in [0.3, 0.4) is 0 Å². The molecule has 1 saturated heterocycles. The van der Waals surface area contributed by atoms with Crippen LogP contribution < -0.4 is 20.9 Å². The van der Waals surface area contributed by atoms with Gasteiger partial charge in [-0.1, -0.05) is 41.0 Å². The van der Waals surface area contributed by atoms with Gasteiger partial charge in [0.1, 0.15) is 17.0 Å². The Morgan fingerprint density at radius 1 is 1.29 bits per heavy atom. The number of cyclic esters (lactones) is 1. The Labute approximate surface area is 274 Å². The topological polar surface area (TPSA) is 142 Å². The lowest BCUT2D eigenvalue weighted by atomic mass is 10.0. The zero-order valence-corrected chi connectivity index (χ0v) is 26.5. The van der Waals surface area contributed by atoms with E-state index in [2.05, 4.69) is 6.07 Å². The highest BCUT2D eigenvalue weighted by molar-refractivity contribution is 7.99. The smallest absolute Gasteiger partial charge is 0.414 e. The number of rotatable bonds is 8. The molecule has 3 heterocycles. The average molecular weight is 699 g/mol. The van der Waals surface area contributed by atoms with Crippen LogP contribution in [0.15, 0.2) is 44.9 Å². The molecule has 1 fully saturated rings. The number of carbonyl (C=O) groups excluding carboxylic acids is 2. The Bertz CT molecular complexity index is 1800. The second kappa shape index (κ2) is 13.1. The number of nitrogens with two attached hydrogens (primary N) is 1. The first kappa shape index (κ1) is 32.8. The van der Waals surface area contributed by atoms with Gasteiger partial charge in [-0.3, -0.25) is 14.5 Å². The number of ether oxygens (including phenoxy) is 2. The molecule has 3 aromatic rings. The van der Waals surface area contributed by atoms with Crippen LogP contribution in [0.2, 0.25) is 10.0 Å². The molecule has 0 aliphatic carbocycles. The molecule has 0 spiro atoms. The first-order valence-corrected chi connectivity index (χ1v) is 15.4. The standard InChI is InChI=1S/C29H24Cl3F2N5O5S/c1-43-20-10-16-15(9-19(20)38-7-2-8-44-28(38)42)13-39(18(16)5-6-35)27(41)23-21(11-22(29(32,33)34)37-26(23)40)45-25-17(30)4-3-14(12-36)24(25)31/h3-4,9-11,18H,2,5,7-8,12-13,36H2,1H3,(H,37,40)/t18-/m1/s1. The second-order valence-corrected chi connectivity index (χ2v) is 12.4. The van der Waals surface area contributed by atoms with Crippen LogP contribution in [-0.2, 0) is 23.2 Å². The van der Waals surface area contributed by atoms with E-state index in [1.54, 1.807) is 18.2 Å². The minimum Gasteiger partial charge on any atom is -0.495 e. The van der Waals surface area contributed by atoms with E-state index in [1.165, 1.54) is 23.0 Å². The lowest BCUT2D eigenvalue weighted by molar-refractivity contribution is 0.0684. The maximum absolute atomic E-state index is 14.2. The van der Waals surface area contributed by atoms with Crippen LogP contribution in [0.5, 0.6) is 5.75 Å². The predicted octanol–water partition coefficient (Wildman–Crippen LogP) is 6.55. The Kier molecular flexibility index (Phi) is 9.53. The number of H-pyrrole nitrogens is 1. The molecule has 1 aromatic heterocycles. The summed E-state index contributed by atoms with van der Waals surface area (Å²) in [5.74, 6) is -0.531. The number of pyridine rings is 1. The number of amides is 2. The number of aromatic nitrogens is 1. The third-order valence-corrected chi connectivity index (χ3v) is 9.75. The average Bonchev–Trinajstić information content (AvgIpc) is 3.35. The lowest BCUT2D eigenvalue weighted by Crippen LogP contribution is -2.38. The van der Waals surface area contributed by atoms with Crippen LogP contribution >= 0.6 is 46.6 Å². The summed E-state index contributed by atoms with van der Waals surface area (Å²) in [5, 5.41) is 5.97. The number of halogens is 5. The number of hydrogen-bond donors (Lipinski definition) is 2. The second-order valence-electron chi connectivity index (χ2n) is 10.1. The summed E-state index contributed by atoms with van der Waals surface area (Å²) >= 11 is 18.9. The molecule has 1 atom stereocenters. The summed E-state index contributed by atoms with van der Waals surface area (Å²) in [7, 11) is 1.42. The fraction of sp³-hybridized carbons (Fsp3) is 0.310. The molecule has 16 heteroatoms. The van der Waals surface area contributed by atoms with Crippen molar-refractivity contribution in [3.63, 3.8) is 0 Å². The van der Waals surface area contributed by atoms with E-state index in [0.29, 0.717) is 41.1 Å². The molecule has 0 radical (unpaired) electrons. The third kappa shape index (κ3) is 6.30. The summed E-state index contributed by atoms with van der Waals surface area (Å²) < 4.78 is 39.2. The Balaban J connectivity index is 1.62. The van der Waals surface area contributed by atoms with Gasteiger partial charge in [0.05, 0.1) is 48.0 Å². The van der Waals surface area contributed by atoms with Gasteiger partial charge in [-0.15, -0.1) is 0 Å². The Hall–Kier alpha value is -3.54. The number of nitrogens with zero attached hydrogens (tertiary/aromatic N) is 3. The number of nitrogens with one attached hydrogen (secondary N) is 1. The molecule has 0 bridgehead atoms. The van der Waals surface area contributed by atoms with Crippen molar-refractivity contribution >= 4 is 64.3 Å². The van der Waals surface area contributed by atoms with Crippen LogP contribution in [0.4, 0.5) is 19.3 Å². The summed E-state index contributed by atoms with van der Waals surface area (Å²) in [4.78, 5) is 44.8. The highest BCUT2D eigenvalue weighted by Crippen LogP contribution is 2.46. The summed E-state index contributed by atoms with van der Waals surface area (Å²) in [5.41, 5.74) is 5.26. The predicted molar refractivity (Wildman–Crippen MR) is 164 cm³/mol. The quantitative estimate of drug-likeness (QED) is 0.253.